The molecule has 3 saturated carbocycles. The third-order valence-corrected chi connectivity index (χ3v) is 8.58. The predicted molar refractivity (Wildman–Crippen MR) is 96.8 cm³/mol. The lowest BCUT2D eigenvalue weighted by atomic mass is 9.46. The first kappa shape index (κ1) is 17.8. The van der Waals surface area contributed by atoms with E-state index in [1.54, 1.807) is 0 Å². The summed E-state index contributed by atoms with van der Waals surface area (Å²) < 4.78 is 5.69. The Morgan fingerprint density at radius 3 is 2.58 bits per heavy atom. The van der Waals surface area contributed by atoms with Gasteiger partial charge in [0.25, 0.3) is 0 Å². The first-order valence-corrected chi connectivity index (χ1v) is 10.1. The molecule has 4 heteroatoms. The Labute approximate surface area is 156 Å². The van der Waals surface area contributed by atoms with Gasteiger partial charge in [0.15, 0.2) is 5.78 Å². The molecule has 0 aliphatic heterocycles. The van der Waals surface area contributed by atoms with Crippen molar-refractivity contribution in [1.29, 1.82) is 5.26 Å². The SMILES string of the molecule is CC(=O)O[C@]1(C#N)CC[C@H]2[C@H]3CCC4=CC(=O)CC[C@]4(C)[C@@H]3CC[C@@]21C. The number of hydrogen-bond donors (Lipinski definition) is 0. The summed E-state index contributed by atoms with van der Waals surface area (Å²) in [5, 5.41) is 9.96. The van der Waals surface area contributed by atoms with Gasteiger partial charge in [0.1, 0.15) is 6.07 Å². The lowest BCUT2D eigenvalue weighted by Gasteiger charge is -2.58. The monoisotopic (exact) mass is 355 g/mol. The third-order valence-electron chi connectivity index (χ3n) is 8.58. The largest absolute Gasteiger partial charge is 0.443 e. The molecular formula is C22H29NO3. The van der Waals surface area contributed by atoms with Crippen molar-refractivity contribution in [2.75, 3.05) is 0 Å². The molecule has 0 aromatic carbocycles. The quantitative estimate of drug-likeness (QED) is 0.656. The first-order valence-electron chi connectivity index (χ1n) is 10.1. The summed E-state index contributed by atoms with van der Waals surface area (Å²) in [6, 6.07) is 2.42. The summed E-state index contributed by atoms with van der Waals surface area (Å²) in [4.78, 5) is 23.6. The van der Waals surface area contributed by atoms with Gasteiger partial charge >= 0.3 is 5.97 Å². The molecule has 6 atom stereocenters. The van der Waals surface area contributed by atoms with Crippen LogP contribution in [0.4, 0.5) is 0 Å². The van der Waals surface area contributed by atoms with Crippen molar-refractivity contribution in [3.05, 3.63) is 11.6 Å². The number of hydrogen-bond acceptors (Lipinski definition) is 4. The van der Waals surface area contributed by atoms with Crippen LogP contribution >= 0.6 is 0 Å². The smallest absolute Gasteiger partial charge is 0.304 e. The highest BCUT2D eigenvalue weighted by Gasteiger charge is 2.66. The molecule has 140 valence electrons. The van der Waals surface area contributed by atoms with E-state index in [0.29, 0.717) is 30.6 Å². The Balaban J connectivity index is 1.69. The minimum absolute atomic E-state index is 0.136. The van der Waals surface area contributed by atoms with Crippen LogP contribution < -0.4 is 0 Å². The van der Waals surface area contributed by atoms with Crippen LogP contribution in [0.25, 0.3) is 0 Å². The fourth-order valence-electron chi connectivity index (χ4n) is 7.18. The molecule has 0 spiro atoms. The summed E-state index contributed by atoms with van der Waals surface area (Å²) in [5.41, 5.74) is 0.283. The van der Waals surface area contributed by atoms with E-state index in [2.05, 4.69) is 19.9 Å². The van der Waals surface area contributed by atoms with E-state index in [9.17, 15) is 14.9 Å². The van der Waals surface area contributed by atoms with E-state index in [1.807, 2.05) is 6.08 Å². The van der Waals surface area contributed by atoms with Crippen LogP contribution in [-0.4, -0.2) is 17.4 Å². The minimum Gasteiger partial charge on any atom is -0.443 e. The molecule has 0 aromatic heterocycles. The van der Waals surface area contributed by atoms with Crippen LogP contribution in [0.5, 0.6) is 0 Å². The summed E-state index contributed by atoms with van der Waals surface area (Å²) in [6.07, 6.45) is 9.28. The maximum atomic E-state index is 11.9. The second-order valence-electron chi connectivity index (χ2n) is 9.50. The van der Waals surface area contributed by atoms with Crippen LogP contribution in [0, 0.1) is 39.9 Å². The number of carbonyl (C=O) groups excluding carboxylic acids is 2. The molecule has 26 heavy (non-hydrogen) atoms. The Morgan fingerprint density at radius 1 is 1.15 bits per heavy atom. The van der Waals surface area contributed by atoms with Crippen LogP contribution in [0.1, 0.15) is 72.1 Å². The second-order valence-corrected chi connectivity index (χ2v) is 9.50. The molecule has 0 radical (unpaired) electrons. The fraction of sp³-hybridized carbons (Fsp3) is 0.773. The zero-order valence-corrected chi connectivity index (χ0v) is 16.1. The van der Waals surface area contributed by atoms with Crippen LogP contribution in [0.3, 0.4) is 0 Å². The molecule has 0 saturated heterocycles. The highest BCUT2D eigenvalue weighted by Crippen LogP contribution is 2.68. The highest BCUT2D eigenvalue weighted by atomic mass is 16.6. The molecule has 4 nitrogen and oxygen atoms in total. The Bertz CT molecular complexity index is 734. The molecule has 4 aliphatic carbocycles. The number of esters is 1. The number of carbonyl (C=O) groups is 2. The molecule has 0 bridgehead atoms. The van der Waals surface area contributed by atoms with Gasteiger partial charge in [0, 0.05) is 25.2 Å². The van der Waals surface area contributed by atoms with Crippen LogP contribution in [0.15, 0.2) is 11.6 Å². The van der Waals surface area contributed by atoms with Crippen molar-refractivity contribution >= 4 is 11.8 Å². The number of nitrogens with zero attached hydrogens (tertiary/aromatic N) is 1. The minimum atomic E-state index is -0.964. The van der Waals surface area contributed by atoms with E-state index in [1.165, 1.54) is 12.5 Å². The number of allylic oxidation sites excluding steroid dienone is 1. The van der Waals surface area contributed by atoms with Gasteiger partial charge in [0.2, 0.25) is 5.60 Å². The maximum absolute atomic E-state index is 11.9. The second kappa shape index (κ2) is 5.68. The standard InChI is InChI=1S/C22H29NO3/c1-14(24)26-22(13-23)11-8-19-17-5-4-15-12-16(25)6-9-20(15,2)18(17)7-10-21(19,22)3/h12,17-19H,4-11H2,1-3H3/t17-,18+,19-,20-,21-,22-/m0/s1. The number of nitriles is 1. The molecule has 0 heterocycles. The molecule has 4 aliphatic rings. The van der Waals surface area contributed by atoms with E-state index < -0.39 is 5.60 Å². The van der Waals surface area contributed by atoms with E-state index >= 15 is 0 Å². The van der Waals surface area contributed by atoms with Gasteiger partial charge in [-0.1, -0.05) is 19.4 Å². The average molecular weight is 355 g/mol. The fourth-order valence-corrected chi connectivity index (χ4v) is 7.18. The average Bonchev–Trinajstić information content (AvgIpc) is 2.88. The summed E-state index contributed by atoms with van der Waals surface area (Å²) in [7, 11) is 0. The van der Waals surface area contributed by atoms with E-state index in [-0.39, 0.29) is 22.6 Å². The molecule has 0 amide bonds. The van der Waals surface area contributed by atoms with Crippen LogP contribution in [-0.2, 0) is 14.3 Å². The zero-order valence-electron chi connectivity index (χ0n) is 16.1. The lowest BCUT2D eigenvalue weighted by molar-refractivity contribution is -0.169. The van der Waals surface area contributed by atoms with Crippen molar-refractivity contribution in [2.24, 2.45) is 28.6 Å². The number of ether oxygens (including phenoxy) is 1. The van der Waals surface area contributed by atoms with Crippen molar-refractivity contribution in [1.82, 2.24) is 0 Å². The normalized spacial score (nSPS) is 47.1. The van der Waals surface area contributed by atoms with E-state index in [0.717, 1.165) is 38.5 Å². The van der Waals surface area contributed by atoms with Crippen molar-refractivity contribution in [3.63, 3.8) is 0 Å². The Hall–Kier alpha value is -1.63. The van der Waals surface area contributed by atoms with Gasteiger partial charge < -0.3 is 4.74 Å². The molecule has 0 aromatic rings. The Morgan fingerprint density at radius 2 is 1.88 bits per heavy atom. The van der Waals surface area contributed by atoms with Crippen molar-refractivity contribution in [3.8, 4) is 6.07 Å². The van der Waals surface area contributed by atoms with Gasteiger partial charge in [-0.15, -0.1) is 0 Å². The van der Waals surface area contributed by atoms with Gasteiger partial charge in [-0.2, -0.15) is 5.26 Å². The summed E-state index contributed by atoms with van der Waals surface area (Å²) in [6.45, 7) is 5.97. The highest BCUT2D eigenvalue weighted by molar-refractivity contribution is 5.91. The third kappa shape index (κ3) is 2.19. The van der Waals surface area contributed by atoms with E-state index in [4.69, 9.17) is 4.74 Å². The van der Waals surface area contributed by atoms with Gasteiger partial charge in [-0.25, -0.2) is 0 Å². The van der Waals surface area contributed by atoms with Crippen LogP contribution in [0.2, 0.25) is 0 Å². The summed E-state index contributed by atoms with van der Waals surface area (Å²) in [5.74, 6) is 1.52. The maximum Gasteiger partial charge on any atom is 0.304 e. The first-order chi connectivity index (χ1) is 12.3. The van der Waals surface area contributed by atoms with Gasteiger partial charge in [0.05, 0.1) is 0 Å². The molecule has 4 rings (SSSR count). The van der Waals surface area contributed by atoms with Gasteiger partial charge in [-0.3, -0.25) is 9.59 Å². The predicted octanol–water partition coefficient (Wildman–Crippen LogP) is 4.34. The topological polar surface area (TPSA) is 67.2 Å². The number of fused-ring (bicyclic) bond motifs is 5. The summed E-state index contributed by atoms with van der Waals surface area (Å²) >= 11 is 0. The molecule has 0 unspecified atom stereocenters. The number of ketones is 1. The molecule has 0 N–H and O–H groups in total. The lowest BCUT2D eigenvalue weighted by Crippen LogP contribution is -2.55. The molecular weight excluding hydrogens is 326 g/mol. The Kier molecular flexibility index (Phi) is 3.88. The number of rotatable bonds is 1. The van der Waals surface area contributed by atoms with Gasteiger partial charge in [-0.05, 0) is 67.8 Å². The molecule has 3 fully saturated rings. The van der Waals surface area contributed by atoms with Crippen molar-refractivity contribution < 1.29 is 14.3 Å². The zero-order chi connectivity index (χ0) is 18.7. The van der Waals surface area contributed by atoms with Crippen molar-refractivity contribution in [2.45, 2.75) is 77.7 Å².